The Bertz CT molecular complexity index is 795. The number of hydrogen-bond acceptors (Lipinski definition) is 6. The molecule has 0 atom stereocenters. The Kier molecular flexibility index (Phi) is 5.33. The first kappa shape index (κ1) is 17.9. The number of amides is 2. The Balaban J connectivity index is 2.39. The second kappa shape index (κ2) is 7.43. The monoisotopic (exact) mass is 345 g/mol. The molecule has 0 saturated carbocycles. The Morgan fingerprint density at radius 2 is 1.52 bits per heavy atom. The summed E-state index contributed by atoms with van der Waals surface area (Å²) in [6.07, 6.45) is 0. The molecule has 132 valence electrons. The second-order valence-electron chi connectivity index (χ2n) is 5.03. The van der Waals surface area contributed by atoms with Gasteiger partial charge in [-0.1, -0.05) is 0 Å². The van der Waals surface area contributed by atoms with Gasteiger partial charge in [0.25, 0.3) is 5.91 Å². The van der Waals surface area contributed by atoms with Gasteiger partial charge in [0.05, 0.1) is 32.7 Å². The summed E-state index contributed by atoms with van der Waals surface area (Å²) in [5, 5.41) is 2.64. The predicted molar refractivity (Wildman–Crippen MR) is 93.4 cm³/mol. The van der Waals surface area contributed by atoms with E-state index in [2.05, 4.69) is 5.32 Å². The van der Waals surface area contributed by atoms with E-state index in [-0.39, 0.29) is 16.8 Å². The lowest BCUT2D eigenvalue weighted by Gasteiger charge is -2.14. The van der Waals surface area contributed by atoms with Crippen molar-refractivity contribution < 1.29 is 23.8 Å². The number of methoxy groups -OCH3 is 3. The molecule has 0 aliphatic rings. The molecule has 2 amide bonds. The highest BCUT2D eigenvalue weighted by molar-refractivity contribution is 6.07. The molecule has 0 unspecified atom stereocenters. The number of primary amides is 1. The van der Waals surface area contributed by atoms with Crippen LogP contribution in [0.4, 0.5) is 11.4 Å². The third-order valence-electron chi connectivity index (χ3n) is 3.51. The summed E-state index contributed by atoms with van der Waals surface area (Å²) in [6, 6.07) is 7.39. The van der Waals surface area contributed by atoms with Crippen molar-refractivity contribution in [3.63, 3.8) is 0 Å². The first-order chi connectivity index (χ1) is 11.9. The van der Waals surface area contributed by atoms with Crippen LogP contribution in [0.2, 0.25) is 0 Å². The summed E-state index contributed by atoms with van der Waals surface area (Å²) < 4.78 is 15.7. The van der Waals surface area contributed by atoms with Gasteiger partial charge in [0.1, 0.15) is 0 Å². The number of benzene rings is 2. The normalized spacial score (nSPS) is 10.0. The van der Waals surface area contributed by atoms with Gasteiger partial charge in [-0.05, 0) is 30.3 Å². The molecule has 0 fully saturated rings. The molecule has 0 bridgehead atoms. The van der Waals surface area contributed by atoms with Crippen molar-refractivity contribution in [2.24, 2.45) is 5.73 Å². The Hall–Kier alpha value is -3.42. The van der Waals surface area contributed by atoms with Crippen molar-refractivity contribution in [2.75, 3.05) is 32.4 Å². The fourth-order valence-electron chi connectivity index (χ4n) is 2.22. The molecule has 0 aromatic heterocycles. The van der Waals surface area contributed by atoms with Gasteiger partial charge in [-0.3, -0.25) is 9.59 Å². The molecule has 5 N–H and O–H groups in total. The molecule has 2 aromatic carbocycles. The van der Waals surface area contributed by atoms with Gasteiger partial charge in [-0.25, -0.2) is 0 Å². The summed E-state index contributed by atoms with van der Waals surface area (Å²) in [5.74, 6) is -0.0376. The van der Waals surface area contributed by atoms with Crippen LogP contribution >= 0.6 is 0 Å². The van der Waals surface area contributed by atoms with Crippen LogP contribution < -0.4 is 31.0 Å². The quantitative estimate of drug-likeness (QED) is 0.683. The lowest BCUT2D eigenvalue weighted by atomic mass is 10.1. The van der Waals surface area contributed by atoms with Crippen LogP contribution in [0.1, 0.15) is 20.7 Å². The van der Waals surface area contributed by atoms with Crippen LogP contribution in [0.25, 0.3) is 0 Å². The molecule has 25 heavy (non-hydrogen) atoms. The fraction of sp³-hybridized carbons (Fsp3) is 0.176. The van der Waals surface area contributed by atoms with E-state index >= 15 is 0 Å². The minimum atomic E-state index is -0.622. The Morgan fingerprint density at radius 1 is 0.920 bits per heavy atom. The van der Waals surface area contributed by atoms with Gasteiger partial charge >= 0.3 is 0 Å². The lowest BCUT2D eigenvalue weighted by Crippen LogP contribution is -2.16. The zero-order chi connectivity index (χ0) is 18.6. The molecule has 8 nitrogen and oxygen atoms in total. The van der Waals surface area contributed by atoms with Gasteiger partial charge < -0.3 is 31.0 Å². The largest absolute Gasteiger partial charge is 0.493 e. The SMILES string of the molecule is COc1cc(C(=O)Nc2cc(C(N)=O)ccc2N)cc(OC)c1OC. The summed E-state index contributed by atoms with van der Waals surface area (Å²) in [7, 11) is 4.37. The van der Waals surface area contributed by atoms with E-state index in [1.807, 2.05) is 0 Å². The molecule has 2 rings (SSSR count). The van der Waals surface area contributed by atoms with Gasteiger partial charge in [-0.15, -0.1) is 0 Å². The van der Waals surface area contributed by atoms with E-state index in [9.17, 15) is 9.59 Å². The summed E-state index contributed by atoms with van der Waals surface area (Å²) >= 11 is 0. The molecule has 0 aliphatic heterocycles. The van der Waals surface area contributed by atoms with E-state index in [1.165, 1.54) is 51.7 Å². The first-order valence-corrected chi connectivity index (χ1v) is 7.22. The molecular weight excluding hydrogens is 326 g/mol. The van der Waals surface area contributed by atoms with Crippen molar-refractivity contribution >= 4 is 23.2 Å². The minimum absolute atomic E-state index is 0.231. The maximum absolute atomic E-state index is 12.5. The number of rotatable bonds is 6. The number of nitrogens with two attached hydrogens (primary N) is 2. The van der Waals surface area contributed by atoms with Gasteiger partial charge in [-0.2, -0.15) is 0 Å². The highest BCUT2D eigenvalue weighted by Crippen LogP contribution is 2.38. The fourth-order valence-corrected chi connectivity index (χ4v) is 2.22. The van der Waals surface area contributed by atoms with E-state index in [4.69, 9.17) is 25.7 Å². The zero-order valence-electron chi connectivity index (χ0n) is 14.1. The van der Waals surface area contributed by atoms with Crippen molar-refractivity contribution in [3.05, 3.63) is 41.5 Å². The number of ether oxygens (including phenoxy) is 3. The number of nitrogens with one attached hydrogen (secondary N) is 1. The Labute approximate surface area is 144 Å². The predicted octanol–water partition coefficient (Wildman–Crippen LogP) is 1.65. The van der Waals surface area contributed by atoms with Crippen LogP contribution in [0, 0.1) is 0 Å². The average molecular weight is 345 g/mol. The first-order valence-electron chi connectivity index (χ1n) is 7.22. The van der Waals surface area contributed by atoms with E-state index < -0.39 is 11.8 Å². The van der Waals surface area contributed by atoms with Crippen LogP contribution in [0.3, 0.4) is 0 Å². The third-order valence-corrected chi connectivity index (χ3v) is 3.51. The van der Waals surface area contributed by atoms with Crippen LogP contribution in [-0.2, 0) is 0 Å². The molecule has 8 heteroatoms. The van der Waals surface area contributed by atoms with E-state index in [1.54, 1.807) is 0 Å². The van der Waals surface area contributed by atoms with Crippen molar-refractivity contribution in [1.29, 1.82) is 0 Å². The summed E-state index contributed by atoms with van der Waals surface area (Å²) in [6.45, 7) is 0. The van der Waals surface area contributed by atoms with Gasteiger partial charge in [0.15, 0.2) is 11.5 Å². The van der Waals surface area contributed by atoms with Crippen molar-refractivity contribution in [1.82, 2.24) is 0 Å². The summed E-state index contributed by atoms with van der Waals surface area (Å²) in [5.41, 5.74) is 12.1. The average Bonchev–Trinajstić information content (AvgIpc) is 2.61. The molecule has 0 saturated heterocycles. The molecule has 0 radical (unpaired) electrons. The van der Waals surface area contributed by atoms with Crippen LogP contribution in [-0.4, -0.2) is 33.1 Å². The number of nitrogen functional groups attached to an aromatic ring is 1. The molecular formula is C17H19N3O5. The highest BCUT2D eigenvalue weighted by Gasteiger charge is 2.18. The zero-order valence-corrected chi connectivity index (χ0v) is 14.1. The van der Waals surface area contributed by atoms with Gasteiger partial charge in [0.2, 0.25) is 11.7 Å². The van der Waals surface area contributed by atoms with Crippen molar-refractivity contribution in [3.8, 4) is 17.2 Å². The molecule has 0 heterocycles. The van der Waals surface area contributed by atoms with Crippen LogP contribution in [0.15, 0.2) is 30.3 Å². The number of carbonyl (C=O) groups excluding carboxylic acids is 2. The second-order valence-corrected chi connectivity index (χ2v) is 5.03. The van der Waals surface area contributed by atoms with Gasteiger partial charge in [0, 0.05) is 11.1 Å². The summed E-state index contributed by atoms with van der Waals surface area (Å²) in [4.78, 5) is 23.8. The number of carbonyl (C=O) groups is 2. The van der Waals surface area contributed by atoms with Crippen LogP contribution in [0.5, 0.6) is 17.2 Å². The maximum Gasteiger partial charge on any atom is 0.255 e. The molecule has 0 spiro atoms. The number of anilines is 2. The van der Waals surface area contributed by atoms with E-state index in [0.29, 0.717) is 22.9 Å². The molecule has 0 aliphatic carbocycles. The minimum Gasteiger partial charge on any atom is -0.493 e. The topological polar surface area (TPSA) is 126 Å². The third kappa shape index (κ3) is 3.74. The van der Waals surface area contributed by atoms with Crippen molar-refractivity contribution in [2.45, 2.75) is 0 Å². The maximum atomic E-state index is 12.5. The standard InChI is InChI=1S/C17H19N3O5/c1-23-13-7-10(8-14(24-2)15(13)25-3)17(22)20-12-6-9(16(19)21)4-5-11(12)18/h4-8H,18H2,1-3H3,(H2,19,21)(H,20,22). The number of hydrogen-bond donors (Lipinski definition) is 3. The lowest BCUT2D eigenvalue weighted by molar-refractivity contribution is 0.0996. The Morgan fingerprint density at radius 3 is 2.00 bits per heavy atom. The molecule has 2 aromatic rings. The highest BCUT2D eigenvalue weighted by atomic mass is 16.5. The smallest absolute Gasteiger partial charge is 0.255 e. The van der Waals surface area contributed by atoms with E-state index in [0.717, 1.165) is 0 Å².